The van der Waals surface area contributed by atoms with Crippen molar-refractivity contribution in [3.63, 3.8) is 0 Å². The van der Waals surface area contributed by atoms with Gasteiger partial charge in [-0.2, -0.15) is 0 Å². The highest BCUT2D eigenvalue weighted by Crippen LogP contribution is 2.34. The van der Waals surface area contributed by atoms with Crippen LogP contribution in [0.3, 0.4) is 0 Å². The lowest BCUT2D eigenvalue weighted by Crippen LogP contribution is -1.98. The van der Waals surface area contributed by atoms with Crippen molar-refractivity contribution in [2.75, 3.05) is 0 Å². The van der Waals surface area contributed by atoms with E-state index in [9.17, 15) is 5.11 Å². The van der Waals surface area contributed by atoms with Gasteiger partial charge in [0.15, 0.2) is 5.75 Å². The number of nitrogens with zero attached hydrogens (tertiary/aromatic N) is 1. The monoisotopic (exact) mass is 277 g/mol. The summed E-state index contributed by atoms with van der Waals surface area (Å²) in [6.07, 6.45) is 0.774. The van der Waals surface area contributed by atoms with E-state index in [2.05, 4.69) is 4.98 Å². The van der Waals surface area contributed by atoms with Crippen molar-refractivity contribution in [2.45, 2.75) is 26.9 Å². The molecular formula is C15H16ClNO2. The van der Waals surface area contributed by atoms with Crippen LogP contribution in [0, 0.1) is 6.92 Å². The Kier molecular flexibility index (Phi) is 4.40. The quantitative estimate of drug-likeness (QED) is 0.922. The van der Waals surface area contributed by atoms with E-state index in [0.717, 1.165) is 17.8 Å². The average Bonchev–Trinajstić information content (AvgIpc) is 2.42. The van der Waals surface area contributed by atoms with Crippen molar-refractivity contribution in [3.8, 4) is 11.5 Å². The second kappa shape index (κ2) is 6.04. The topological polar surface area (TPSA) is 42.4 Å². The molecule has 2 rings (SSSR count). The Bertz CT molecular complexity index is 584. The number of aliphatic hydroxyl groups excluding tert-OH is 1. The first-order valence-corrected chi connectivity index (χ1v) is 6.56. The van der Waals surface area contributed by atoms with Gasteiger partial charge in [-0.1, -0.05) is 30.7 Å². The van der Waals surface area contributed by atoms with Crippen molar-refractivity contribution in [1.82, 2.24) is 4.98 Å². The minimum atomic E-state index is -0.114. The number of aryl methyl sites for hydroxylation is 2. The Labute approximate surface area is 117 Å². The molecule has 0 aliphatic heterocycles. The second-order valence-corrected chi connectivity index (χ2v) is 4.65. The van der Waals surface area contributed by atoms with E-state index in [1.807, 2.05) is 26.0 Å². The van der Waals surface area contributed by atoms with E-state index in [1.54, 1.807) is 18.2 Å². The number of ether oxygens (including phenoxy) is 1. The van der Waals surface area contributed by atoms with Crippen LogP contribution in [0.5, 0.6) is 11.5 Å². The van der Waals surface area contributed by atoms with E-state index in [4.69, 9.17) is 16.3 Å². The zero-order valence-electron chi connectivity index (χ0n) is 11.0. The molecule has 0 atom stereocenters. The summed E-state index contributed by atoms with van der Waals surface area (Å²) < 4.78 is 5.85. The Hall–Kier alpha value is -1.58. The lowest BCUT2D eigenvalue weighted by atomic mass is 10.2. The zero-order valence-corrected chi connectivity index (χ0v) is 11.7. The maximum absolute atomic E-state index is 9.34. The summed E-state index contributed by atoms with van der Waals surface area (Å²) in [5, 5.41) is 9.82. The molecule has 0 unspecified atom stereocenters. The van der Waals surface area contributed by atoms with Gasteiger partial charge in [0.25, 0.3) is 0 Å². The maximum Gasteiger partial charge on any atom is 0.151 e. The number of benzene rings is 1. The molecule has 0 saturated carbocycles. The van der Waals surface area contributed by atoms with Crippen molar-refractivity contribution in [3.05, 3.63) is 52.3 Å². The summed E-state index contributed by atoms with van der Waals surface area (Å²) in [6.45, 7) is 3.85. The third-order valence-electron chi connectivity index (χ3n) is 2.84. The normalized spacial score (nSPS) is 10.5. The number of halogens is 1. The second-order valence-electron chi connectivity index (χ2n) is 4.24. The van der Waals surface area contributed by atoms with Crippen LogP contribution < -0.4 is 4.74 Å². The molecule has 0 amide bonds. The number of aromatic nitrogens is 1. The van der Waals surface area contributed by atoms with Gasteiger partial charge < -0.3 is 9.84 Å². The molecule has 0 spiro atoms. The molecule has 0 aliphatic carbocycles. The molecule has 4 heteroatoms. The lowest BCUT2D eigenvalue weighted by molar-refractivity contribution is 0.276. The average molecular weight is 278 g/mol. The van der Waals surface area contributed by atoms with Crippen LogP contribution in [0.25, 0.3) is 0 Å². The first kappa shape index (κ1) is 13.8. The first-order valence-electron chi connectivity index (χ1n) is 6.18. The largest absolute Gasteiger partial charge is 0.454 e. The molecule has 3 nitrogen and oxygen atoms in total. The van der Waals surface area contributed by atoms with Gasteiger partial charge in [-0.25, -0.2) is 0 Å². The van der Waals surface area contributed by atoms with Gasteiger partial charge in [-0.05, 0) is 31.5 Å². The number of pyridine rings is 1. The highest BCUT2D eigenvalue weighted by atomic mass is 35.5. The van der Waals surface area contributed by atoms with Crippen LogP contribution in [-0.4, -0.2) is 10.1 Å². The van der Waals surface area contributed by atoms with Crippen LogP contribution in [0.15, 0.2) is 30.3 Å². The predicted octanol–water partition coefficient (Wildman–Crippen LogP) is 3.89. The SMILES string of the molecule is CCc1nc(C)ccc1Oc1c(Cl)cccc1CO. The third kappa shape index (κ3) is 3.06. The summed E-state index contributed by atoms with van der Waals surface area (Å²) >= 11 is 6.13. The minimum absolute atomic E-state index is 0.114. The Morgan fingerprint density at radius 1 is 1.26 bits per heavy atom. The minimum Gasteiger partial charge on any atom is -0.454 e. The molecule has 0 bridgehead atoms. The Morgan fingerprint density at radius 3 is 2.74 bits per heavy atom. The molecule has 0 aliphatic rings. The van der Waals surface area contributed by atoms with Crippen LogP contribution in [0.2, 0.25) is 5.02 Å². The number of hydrogen-bond donors (Lipinski definition) is 1. The van der Waals surface area contributed by atoms with Crippen LogP contribution >= 0.6 is 11.6 Å². The summed E-state index contributed by atoms with van der Waals surface area (Å²) in [4.78, 5) is 4.44. The van der Waals surface area contributed by atoms with Gasteiger partial charge >= 0.3 is 0 Å². The van der Waals surface area contributed by atoms with Crippen LogP contribution in [0.1, 0.15) is 23.9 Å². The van der Waals surface area contributed by atoms with Gasteiger partial charge in [0.1, 0.15) is 5.75 Å². The molecule has 0 radical (unpaired) electrons. The van der Waals surface area contributed by atoms with Gasteiger partial charge in [-0.3, -0.25) is 4.98 Å². The third-order valence-corrected chi connectivity index (χ3v) is 3.14. The summed E-state index contributed by atoms with van der Waals surface area (Å²) in [5.41, 5.74) is 2.49. The zero-order chi connectivity index (χ0) is 13.8. The predicted molar refractivity (Wildman–Crippen MR) is 75.8 cm³/mol. The molecule has 19 heavy (non-hydrogen) atoms. The Balaban J connectivity index is 2.41. The van der Waals surface area contributed by atoms with Gasteiger partial charge in [0.05, 0.1) is 17.3 Å². The van der Waals surface area contributed by atoms with E-state index in [-0.39, 0.29) is 6.61 Å². The number of hydrogen-bond acceptors (Lipinski definition) is 3. The van der Waals surface area contributed by atoms with Gasteiger partial charge in [0, 0.05) is 11.3 Å². The van der Waals surface area contributed by atoms with E-state index < -0.39 is 0 Å². The molecule has 100 valence electrons. The first-order chi connectivity index (χ1) is 9.15. The summed E-state index contributed by atoms with van der Waals surface area (Å²) in [5.74, 6) is 1.17. The maximum atomic E-state index is 9.34. The molecule has 1 aromatic heterocycles. The fraction of sp³-hybridized carbons (Fsp3) is 0.267. The highest BCUT2D eigenvalue weighted by molar-refractivity contribution is 6.32. The summed E-state index contributed by atoms with van der Waals surface area (Å²) in [7, 11) is 0. The fourth-order valence-electron chi connectivity index (χ4n) is 1.85. The molecular weight excluding hydrogens is 262 g/mol. The number of aliphatic hydroxyl groups is 1. The van der Waals surface area contributed by atoms with E-state index in [0.29, 0.717) is 22.1 Å². The fourth-order valence-corrected chi connectivity index (χ4v) is 2.08. The van der Waals surface area contributed by atoms with Crippen LogP contribution in [-0.2, 0) is 13.0 Å². The van der Waals surface area contributed by atoms with E-state index >= 15 is 0 Å². The standard InChI is InChI=1S/C15H16ClNO2/c1-3-13-14(8-7-10(2)17-13)19-15-11(9-18)5-4-6-12(15)16/h4-8,18H,3,9H2,1-2H3. The molecule has 0 saturated heterocycles. The number of rotatable bonds is 4. The Morgan fingerprint density at radius 2 is 2.05 bits per heavy atom. The smallest absolute Gasteiger partial charge is 0.151 e. The van der Waals surface area contributed by atoms with Crippen molar-refractivity contribution in [2.24, 2.45) is 0 Å². The highest BCUT2D eigenvalue weighted by Gasteiger charge is 2.12. The van der Waals surface area contributed by atoms with Gasteiger partial charge in [-0.15, -0.1) is 0 Å². The number of para-hydroxylation sites is 1. The van der Waals surface area contributed by atoms with Crippen LogP contribution in [0.4, 0.5) is 0 Å². The molecule has 2 aromatic rings. The van der Waals surface area contributed by atoms with Gasteiger partial charge in [0.2, 0.25) is 0 Å². The molecule has 1 heterocycles. The van der Waals surface area contributed by atoms with E-state index in [1.165, 1.54) is 0 Å². The van der Waals surface area contributed by atoms with Crippen molar-refractivity contribution >= 4 is 11.6 Å². The van der Waals surface area contributed by atoms with Crippen molar-refractivity contribution < 1.29 is 9.84 Å². The lowest BCUT2D eigenvalue weighted by Gasteiger charge is -2.14. The molecule has 1 N–H and O–H groups in total. The van der Waals surface area contributed by atoms with Crippen molar-refractivity contribution in [1.29, 1.82) is 0 Å². The molecule has 1 aromatic carbocycles. The molecule has 0 fully saturated rings. The summed E-state index contributed by atoms with van der Waals surface area (Å²) in [6, 6.07) is 9.09.